The van der Waals surface area contributed by atoms with Crippen molar-refractivity contribution in [3.63, 3.8) is 0 Å². The predicted octanol–water partition coefficient (Wildman–Crippen LogP) is 11.0. The predicted molar refractivity (Wildman–Crippen MR) is 195 cm³/mol. The Balaban J connectivity index is 1.27. The van der Waals surface area contributed by atoms with Crippen LogP contribution in [0.1, 0.15) is 11.1 Å². The fourth-order valence-electron chi connectivity index (χ4n) is 7.25. The molecule has 0 bridgehead atoms. The largest absolute Gasteiger partial charge is 0.309 e. The van der Waals surface area contributed by atoms with Crippen molar-refractivity contribution in [2.75, 3.05) is 0 Å². The van der Waals surface area contributed by atoms with E-state index in [4.69, 9.17) is 0 Å². The van der Waals surface area contributed by atoms with Crippen molar-refractivity contribution in [1.82, 2.24) is 9.13 Å². The molecule has 2 aromatic heterocycles. The van der Waals surface area contributed by atoms with Crippen LogP contribution in [0, 0.1) is 22.7 Å². The van der Waals surface area contributed by atoms with Gasteiger partial charge in [0, 0.05) is 44.0 Å². The van der Waals surface area contributed by atoms with Gasteiger partial charge in [-0.25, -0.2) is 0 Å². The molecule has 0 N–H and O–H groups in total. The number of hydrogen-bond acceptors (Lipinski definition) is 2. The monoisotopic (exact) mass is 610 g/mol. The first-order chi connectivity index (χ1) is 23.7. The first-order valence-electron chi connectivity index (χ1n) is 15.9. The summed E-state index contributed by atoms with van der Waals surface area (Å²) in [6.45, 7) is 0. The average molecular weight is 611 g/mol. The molecular weight excluding hydrogens is 585 g/mol. The van der Waals surface area contributed by atoms with Crippen LogP contribution >= 0.6 is 0 Å². The molecule has 0 saturated carbocycles. The Morgan fingerprint density at radius 3 is 1.29 bits per heavy atom. The van der Waals surface area contributed by atoms with Crippen molar-refractivity contribution >= 4 is 43.6 Å². The Bertz CT molecular complexity index is 2750. The Morgan fingerprint density at radius 2 is 0.792 bits per heavy atom. The molecule has 0 atom stereocenters. The maximum absolute atomic E-state index is 10.3. The SMILES string of the molecule is N#Cc1ccc(-n2c3ccccc3c3ccccc32)cc1-c1cc(-n2c3ccccc3c3cc(-c4ccccc4)ccc32)ccc1C#N. The summed E-state index contributed by atoms with van der Waals surface area (Å²) in [5, 5.41) is 25.3. The molecule has 0 amide bonds. The van der Waals surface area contributed by atoms with Crippen LogP contribution in [-0.2, 0) is 0 Å². The fourth-order valence-corrected chi connectivity index (χ4v) is 7.25. The van der Waals surface area contributed by atoms with Crippen LogP contribution in [0.2, 0.25) is 0 Å². The van der Waals surface area contributed by atoms with Crippen LogP contribution < -0.4 is 0 Å². The fraction of sp³-hybridized carbons (Fsp3) is 0. The first-order valence-corrected chi connectivity index (χ1v) is 15.9. The van der Waals surface area contributed by atoms with E-state index in [1.165, 1.54) is 16.3 Å². The molecule has 0 unspecified atom stereocenters. The summed E-state index contributed by atoms with van der Waals surface area (Å²) in [5.41, 5.74) is 11.0. The van der Waals surface area contributed by atoms with Gasteiger partial charge in [0.25, 0.3) is 0 Å². The number of fused-ring (bicyclic) bond motifs is 6. The van der Waals surface area contributed by atoms with E-state index in [0.29, 0.717) is 11.1 Å². The molecule has 48 heavy (non-hydrogen) atoms. The summed E-state index contributed by atoms with van der Waals surface area (Å²) < 4.78 is 4.50. The second-order valence-corrected chi connectivity index (χ2v) is 12.0. The standard InChI is InChI=1S/C44H26N4/c45-27-31-18-21-33(47-41-15-7-4-12-35(41)36-13-5-8-16-42(36)47)25-38(31)39-26-34(22-19-32(39)28-46)48-43-17-9-6-14-37(43)40-24-30(20-23-44(40)48)29-10-2-1-3-11-29/h1-26H. The van der Waals surface area contributed by atoms with E-state index in [9.17, 15) is 10.5 Å². The summed E-state index contributed by atoms with van der Waals surface area (Å²) in [7, 11) is 0. The van der Waals surface area contributed by atoms with Gasteiger partial charge in [0.2, 0.25) is 0 Å². The summed E-state index contributed by atoms with van der Waals surface area (Å²) in [5.74, 6) is 0. The third kappa shape index (κ3) is 4.14. The molecule has 222 valence electrons. The molecule has 0 aliphatic carbocycles. The third-order valence-corrected chi connectivity index (χ3v) is 9.41. The summed E-state index contributed by atoms with van der Waals surface area (Å²) >= 11 is 0. The van der Waals surface area contributed by atoms with Crippen molar-refractivity contribution in [3.8, 4) is 45.8 Å². The zero-order chi connectivity index (χ0) is 32.2. The third-order valence-electron chi connectivity index (χ3n) is 9.41. The highest BCUT2D eigenvalue weighted by Gasteiger charge is 2.18. The molecule has 0 saturated heterocycles. The Labute approximate surface area is 277 Å². The molecule has 9 rings (SSSR count). The maximum atomic E-state index is 10.3. The lowest BCUT2D eigenvalue weighted by molar-refractivity contribution is 1.17. The molecule has 4 nitrogen and oxygen atoms in total. The zero-order valence-corrected chi connectivity index (χ0v) is 25.8. The number of nitrogens with zero attached hydrogens (tertiary/aromatic N) is 4. The highest BCUT2D eigenvalue weighted by atomic mass is 15.0. The van der Waals surface area contributed by atoms with Crippen LogP contribution in [0.25, 0.3) is 77.2 Å². The molecule has 0 aliphatic rings. The van der Waals surface area contributed by atoms with E-state index in [-0.39, 0.29) is 0 Å². The zero-order valence-electron chi connectivity index (χ0n) is 25.8. The number of nitriles is 2. The molecule has 2 heterocycles. The second kappa shape index (κ2) is 10.9. The van der Waals surface area contributed by atoms with Gasteiger partial charge in [-0.3, -0.25) is 0 Å². The minimum Gasteiger partial charge on any atom is -0.309 e. The van der Waals surface area contributed by atoms with Gasteiger partial charge in [0.1, 0.15) is 0 Å². The van der Waals surface area contributed by atoms with Crippen molar-refractivity contribution < 1.29 is 0 Å². The summed E-state index contributed by atoms with van der Waals surface area (Å²) in [4.78, 5) is 0. The molecule has 0 aliphatic heterocycles. The lowest BCUT2D eigenvalue weighted by atomic mass is 9.95. The van der Waals surface area contributed by atoms with Gasteiger partial charge in [0.05, 0.1) is 45.3 Å². The summed E-state index contributed by atoms with van der Waals surface area (Å²) in [6.07, 6.45) is 0. The Kier molecular flexibility index (Phi) is 6.22. The van der Waals surface area contributed by atoms with Crippen molar-refractivity contribution in [2.45, 2.75) is 0 Å². The minimum absolute atomic E-state index is 0.516. The number of para-hydroxylation sites is 3. The number of aromatic nitrogens is 2. The lowest BCUT2D eigenvalue weighted by Gasteiger charge is -2.15. The normalized spacial score (nSPS) is 11.3. The van der Waals surface area contributed by atoms with E-state index < -0.39 is 0 Å². The van der Waals surface area contributed by atoms with E-state index in [2.05, 4.69) is 137 Å². The Morgan fingerprint density at radius 1 is 0.354 bits per heavy atom. The van der Waals surface area contributed by atoms with Crippen molar-refractivity contribution in [1.29, 1.82) is 10.5 Å². The molecule has 9 aromatic rings. The van der Waals surface area contributed by atoms with E-state index in [1.807, 2.05) is 42.5 Å². The first kappa shape index (κ1) is 27.4. The van der Waals surface area contributed by atoms with Gasteiger partial charge < -0.3 is 9.13 Å². The second-order valence-electron chi connectivity index (χ2n) is 12.0. The lowest BCUT2D eigenvalue weighted by Crippen LogP contribution is -1.99. The van der Waals surface area contributed by atoms with Crippen LogP contribution in [0.15, 0.2) is 158 Å². The van der Waals surface area contributed by atoms with Crippen molar-refractivity contribution in [3.05, 3.63) is 169 Å². The van der Waals surface area contributed by atoms with Crippen LogP contribution in [0.4, 0.5) is 0 Å². The van der Waals surface area contributed by atoms with E-state index in [0.717, 1.165) is 60.9 Å². The van der Waals surface area contributed by atoms with Gasteiger partial charge in [-0.15, -0.1) is 0 Å². The Hall–Kier alpha value is -6.88. The van der Waals surface area contributed by atoms with Crippen LogP contribution in [0.3, 0.4) is 0 Å². The molecular formula is C44H26N4. The molecule has 4 heteroatoms. The van der Waals surface area contributed by atoms with Gasteiger partial charge in [-0.2, -0.15) is 10.5 Å². The summed E-state index contributed by atoms with van der Waals surface area (Å²) in [6, 6.07) is 58.9. The van der Waals surface area contributed by atoms with E-state index in [1.54, 1.807) is 0 Å². The highest BCUT2D eigenvalue weighted by molar-refractivity contribution is 6.11. The smallest absolute Gasteiger partial charge is 0.0998 e. The quantitative estimate of drug-likeness (QED) is 0.199. The maximum Gasteiger partial charge on any atom is 0.0998 e. The number of benzene rings is 7. The van der Waals surface area contributed by atoms with Crippen LogP contribution in [-0.4, -0.2) is 9.13 Å². The van der Waals surface area contributed by atoms with Gasteiger partial charge in [-0.05, 0) is 77.9 Å². The van der Waals surface area contributed by atoms with Gasteiger partial charge >= 0.3 is 0 Å². The highest BCUT2D eigenvalue weighted by Crippen LogP contribution is 2.38. The van der Waals surface area contributed by atoms with Crippen molar-refractivity contribution in [2.24, 2.45) is 0 Å². The molecule has 0 fully saturated rings. The number of rotatable bonds is 4. The number of hydrogen-bond donors (Lipinski definition) is 0. The van der Waals surface area contributed by atoms with Gasteiger partial charge in [-0.1, -0.05) is 91.0 Å². The molecule has 7 aromatic carbocycles. The molecule has 0 radical (unpaired) electrons. The topological polar surface area (TPSA) is 57.4 Å². The van der Waals surface area contributed by atoms with Crippen LogP contribution in [0.5, 0.6) is 0 Å². The average Bonchev–Trinajstić information content (AvgIpc) is 3.67. The minimum atomic E-state index is 0.516. The van der Waals surface area contributed by atoms with E-state index >= 15 is 0 Å². The van der Waals surface area contributed by atoms with Gasteiger partial charge in [0.15, 0.2) is 0 Å². The molecule has 0 spiro atoms.